The Bertz CT molecular complexity index is 1430. The van der Waals surface area contributed by atoms with E-state index in [0.717, 1.165) is 21.0 Å². The van der Waals surface area contributed by atoms with Crippen molar-refractivity contribution in [3.05, 3.63) is 89.5 Å². The Morgan fingerprint density at radius 2 is 1.52 bits per heavy atom. The van der Waals surface area contributed by atoms with Gasteiger partial charge in [0.1, 0.15) is 18.3 Å². The smallest absolute Gasteiger partial charge is 0.264 e. The van der Waals surface area contributed by atoms with Crippen molar-refractivity contribution in [2.45, 2.75) is 64.6 Å². The Labute approximate surface area is 238 Å². The van der Waals surface area contributed by atoms with Gasteiger partial charge in [-0.2, -0.15) is 0 Å². The Balaban J connectivity index is 2.05. The summed E-state index contributed by atoms with van der Waals surface area (Å²) in [6, 6.07) is 19.7. The maximum atomic E-state index is 14.0. The molecule has 40 heavy (non-hydrogen) atoms. The number of rotatable bonds is 10. The van der Waals surface area contributed by atoms with Crippen LogP contribution in [0.4, 0.5) is 5.69 Å². The summed E-state index contributed by atoms with van der Waals surface area (Å²) < 4.78 is 34.1. The highest BCUT2D eigenvalue weighted by atomic mass is 32.2. The normalized spacial score (nSPS) is 12.4. The van der Waals surface area contributed by atoms with E-state index < -0.39 is 34.1 Å². The van der Waals surface area contributed by atoms with E-state index in [9.17, 15) is 18.0 Å². The van der Waals surface area contributed by atoms with Crippen molar-refractivity contribution in [2.24, 2.45) is 0 Å². The number of ether oxygens (including phenoxy) is 1. The van der Waals surface area contributed by atoms with E-state index >= 15 is 0 Å². The lowest BCUT2D eigenvalue weighted by molar-refractivity contribution is -0.140. The van der Waals surface area contributed by atoms with Crippen LogP contribution in [-0.4, -0.2) is 50.4 Å². The second kappa shape index (κ2) is 12.6. The predicted molar refractivity (Wildman–Crippen MR) is 158 cm³/mol. The summed E-state index contributed by atoms with van der Waals surface area (Å²) in [6.07, 6.45) is 0. The van der Waals surface area contributed by atoms with Gasteiger partial charge in [-0.25, -0.2) is 8.42 Å². The van der Waals surface area contributed by atoms with Gasteiger partial charge in [0.05, 0.1) is 17.7 Å². The highest BCUT2D eigenvalue weighted by Gasteiger charge is 2.33. The zero-order valence-electron chi connectivity index (χ0n) is 24.3. The number of aryl methyl sites for hydroxylation is 2. The zero-order valence-corrected chi connectivity index (χ0v) is 25.1. The molecule has 3 aromatic carbocycles. The van der Waals surface area contributed by atoms with Gasteiger partial charge in [0, 0.05) is 12.1 Å². The van der Waals surface area contributed by atoms with Crippen LogP contribution in [0.15, 0.2) is 77.7 Å². The highest BCUT2D eigenvalue weighted by Crippen LogP contribution is 2.27. The molecule has 1 atom stereocenters. The minimum absolute atomic E-state index is 0.0608. The van der Waals surface area contributed by atoms with E-state index in [-0.39, 0.29) is 17.3 Å². The van der Waals surface area contributed by atoms with Gasteiger partial charge >= 0.3 is 0 Å². The summed E-state index contributed by atoms with van der Waals surface area (Å²) in [5, 5.41) is 2.94. The summed E-state index contributed by atoms with van der Waals surface area (Å²) in [4.78, 5) is 28.7. The molecule has 3 rings (SSSR count). The van der Waals surface area contributed by atoms with Crippen molar-refractivity contribution in [3.63, 3.8) is 0 Å². The maximum absolute atomic E-state index is 14.0. The molecule has 0 bridgehead atoms. The molecule has 0 aliphatic rings. The molecule has 0 fully saturated rings. The molecule has 0 spiro atoms. The van der Waals surface area contributed by atoms with Crippen LogP contribution in [-0.2, 0) is 26.2 Å². The van der Waals surface area contributed by atoms with Crippen molar-refractivity contribution in [2.75, 3.05) is 18.0 Å². The molecule has 8 nitrogen and oxygen atoms in total. The lowest BCUT2D eigenvalue weighted by Gasteiger charge is -2.33. The quantitative estimate of drug-likeness (QED) is 0.380. The lowest BCUT2D eigenvalue weighted by Crippen LogP contribution is -2.54. The SMILES string of the molecule is COc1ccc(N(CC(=O)N(Cc2ccccc2C)[C@@H](C)C(=O)NC(C)(C)C)S(=O)(=O)c2ccc(C)cc2)cc1. The van der Waals surface area contributed by atoms with Gasteiger partial charge in [0.2, 0.25) is 11.8 Å². The van der Waals surface area contributed by atoms with E-state index in [4.69, 9.17) is 4.74 Å². The second-order valence-electron chi connectivity index (χ2n) is 10.9. The van der Waals surface area contributed by atoms with Crippen molar-refractivity contribution in [1.82, 2.24) is 10.2 Å². The molecule has 3 aromatic rings. The van der Waals surface area contributed by atoms with Crippen LogP contribution in [0.25, 0.3) is 0 Å². The summed E-state index contributed by atoms with van der Waals surface area (Å²) in [5.41, 5.74) is 2.53. The van der Waals surface area contributed by atoms with Crippen molar-refractivity contribution >= 4 is 27.5 Å². The van der Waals surface area contributed by atoms with Crippen molar-refractivity contribution in [3.8, 4) is 5.75 Å². The molecule has 0 aromatic heterocycles. The first kappa shape index (κ1) is 30.7. The largest absolute Gasteiger partial charge is 0.497 e. The Morgan fingerprint density at radius 1 is 0.925 bits per heavy atom. The van der Waals surface area contributed by atoms with Gasteiger partial charge in [-0.3, -0.25) is 13.9 Å². The third kappa shape index (κ3) is 7.63. The number of hydrogen-bond donors (Lipinski definition) is 1. The first-order valence-electron chi connectivity index (χ1n) is 13.1. The molecule has 0 unspecified atom stereocenters. The van der Waals surface area contributed by atoms with E-state index in [2.05, 4.69) is 5.32 Å². The van der Waals surface area contributed by atoms with E-state index in [1.54, 1.807) is 43.3 Å². The monoisotopic (exact) mass is 565 g/mol. The molecular formula is C31H39N3O5S. The van der Waals surface area contributed by atoms with Crippen LogP contribution < -0.4 is 14.4 Å². The second-order valence-corrected chi connectivity index (χ2v) is 12.7. The third-order valence-electron chi connectivity index (χ3n) is 6.52. The van der Waals surface area contributed by atoms with Gasteiger partial charge in [0.15, 0.2) is 0 Å². The maximum Gasteiger partial charge on any atom is 0.264 e. The molecular weight excluding hydrogens is 526 g/mol. The molecule has 9 heteroatoms. The molecule has 0 saturated heterocycles. The van der Waals surface area contributed by atoms with Crippen LogP contribution in [0.3, 0.4) is 0 Å². The fourth-order valence-electron chi connectivity index (χ4n) is 4.14. The van der Waals surface area contributed by atoms with Gasteiger partial charge in [-0.05, 0) is 89.1 Å². The van der Waals surface area contributed by atoms with E-state index in [0.29, 0.717) is 11.4 Å². The zero-order chi connectivity index (χ0) is 29.7. The van der Waals surface area contributed by atoms with Crippen LogP contribution in [0, 0.1) is 13.8 Å². The number of nitrogens with zero attached hydrogens (tertiary/aromatic N) is 2. The number of anilines is 1. The fourth-order valence-corrected chi connectivity index (χ4v) is 5.56. The topological polar surface area (TPSA) is 96.0 Å². The predicted octanol–water partition coefficient (Wildman–Crippen LogP) is 4.84. The van der Waals surface area contributed by atoms with Crippen LogP contribution in [0.5, 0.6) is 5.75 Å². The number of amides is 2. The molecule has 0 aliphatic carbocycles. The average molecular weight is 566 g/mol. The van der Waals surface area contributed by atoms with Gasteiger partial charge < -0.3 is 15.0 Å². The molecule has 214 valence electrons. The van der Waals surface area contributed by atoms with Crippen LogP contribution >= 0.6 is 0 Å². The average Bonchev–Trinajstić information content (AvgIpc) is 2.90. The summed E-state index contributed by atoms with van der Waals surface area (Å²) in [6.45, 7) is 10.7. The van der Waals surface area contributed by atoms with Gasteiger partial charge in [0.25, 0.3) is 10.0 Å². The van der Waals surface area contributed by atoms with Crippen molar-refractivity contribution in [1.29, 1.82) is 0 Å². The molecule has 2 amide bonds. The number of hydrogen-bond acceptors (Lipinski definition) is 5. The molecule has 0 heterocycles. The number of carbonyl (C=O) groups is 2. The third-order valence-corrected chi connectivity index (χ3v) is 8.30. The van der Waals surface area contributed by atoms with Gasteiger partial charge in [-0.1, -0.05) is 42.0 Å². The Morgan fingerprint density at radius 3 is 2.08 bits per heavy atom. The summed E-state index contributed by atoms with van der Waals surface area (Å²) in [7, 11) is -2.61. The minimum Gasteiger partial charge on any atom is -0.497 e. The van der Waals surface area contributed by atoms with Crippen molar-refractivity contribution < 1.29 is 22.7 Å². The number of benzene rings is 3. The Hall–Kier alpha value is -3.85. The molecule has 0 aliphatic heterocycles. The highest BCUT2D eigenvalue weighted by molar-refractivity contribution is 7.92. The van der Waals surface area contributed by atoms with Crippen LogP contribution in [0.2, 0.25) is 0 Å². The number of methoxy groups -OCH3 is 1. The Kier molecular flexibility index (Phi) is 9.63. The lowest BCUT2D eigenvalue weighted by atomic mass is 10.1. The minimum atomic E-state index is -4.13. The van der Waals surface area contributed by atoms with Crippen LogP contribution in [0.1, 0.15) is 44.4 Å². The number of sulfonamides is 1. The first-order valence-corrected chi connectivity index (χ1v) is 14.6. The molecule has 0 radical (unpaired) electrons. The van der Waals surface area contributed by atoms with Gasteiger partial charge in [-0.15, -0.1) is 0 Å². The first-order chi connectivity index (χ1) is 18.7. The summed E-state index contributed by atoms with van der Waals surface area (Å²) in [5.74, 6) is -0.283. The summed E-state index contributed by atoms with van der Waals surface area (Å²) >= 11 is 0. The molecule has 1 N–H and O–H groups in total. The standard InChI is InChI=1S/C31H39N3O5S/c1-22-12-18-28(19-13-22)40(37,38)34(26-14-16-27(39-7)17-15-26)21-29(35)33(20-25-11-9-8-10-23(25)2)24(3)30(36)32-31(4,5)6/h8-19,24H,20-21H2,1-7H3,(H,32,36)/t24-/m0/s1. The number of carbonyl (C=O) groups excluding carboxylic acids is 2. The number of nitrogens with one attached hydrogen (secondary N) is 1. The van der Waals surface area contributed by atoms with E-state index in [1.807, 2.05) is 58.9 Å². The molecule has 0 saturated carbocycles. The van der Waals surface area contributed by atoms with E-state index in [1.165, 1.54) is 24.1 Å². The fraction of sp³-hybridized carbons (Fsp3) is 0.355.